The van der Waals surface area contributed by atoms with Crippen molar-refractivity contribution in [2.24, 2.45) is 17.6 Å². The van der Waals surface area contributed by atoms with E-state index in [0.29, 0.717) is 0 Å². The number of nitrogens with zero attached hydrogens (tertiary/aromatic N) is 1. The van der Waals surface area contributed by atoms with E-state index in [-0.39, 0.29) is 22.4 Å². The lowest BCUT2D eigenvalue weighted by atomic mass is 9.55. The molecule has 1 saturated carbocycles. The number of phenolic OH excluding ortho intramolecular Hbond substituents is 1. The molecule has 0 saturated heterocycles. The number of hydrogen-bond donors (Lipinski definition) is 7. The average molecular weight is 457 g/mol. The summed E-state index contributed by atoms with van der Waals surface area (Å²) in [4.78, 5) is 39.9. The highest BCUT2D eigenvalue weighted by molar-refractivity contribution is 6.25. The van der Waals surface area contributed by atoms with Crippen molar-refractivity contribution in [1.82, 2.24) is 4.90 Å². The van der Waals surface area contributed by atoms with Crippen molar-refractivity contribution >= 4 is 34.5 Å². The van der Waals surface area contributed by atoms with Gasteiger partial charge in [-0.15, -0.1) is 0 Å². The van der Waals surface area contributed by atoms with Crippen LogP contribution < -0.4 is 11.5 Å². The normalized spacial score (nSPS) is 31.5. The molecule has 33 heavy (non-hydrogen) atoms. The number of aromatic hydroxyl groups is 1. The van der Waals surface area contributed by atoms with Gasteiger partial charge in [-0.1, -0.05) is 12.6 Å². The number of ketones is 2. The molecular formula is C22H23N3O8. The summed E-state index contributed by atoms with van der Waals surface area (Å²) in [5.74, 6) is -9.19. The maximum absolute atomic E-state index is 13.7. The van der Waals surface area contributed by atoms with Crippen LogP contribution in [0.3, 0.4) is 0 Å². The quantitative estimate of drug-likeness (QED) is 0.163. The van der Waals surface area contributed by atoms with Gasteiger partial charge in [0.1, 0.15) is 22.8 Å². The van der Waals surface area contributed by atoms with Gasteiger partial charge in [-0.25, -0.2) is 0 Å². The van der Waals surface area contributed by atoms with E-state index >= 15 is 0 Å². The van der Waals surface area contributed by atoms with Gasteiger partial charge in [0, 0.05) is 5.92 Å². The molecule has 0 unspecified atom stereocenters. The number of primary amides is 1. The van der Waals surface area contributed by atoms with Gasteiger partial charge in [0.25, 0.3) is 5.91 Å². The van der Waals surface area contributed by atoms with Gasteiger partial charge in [-0.2, -0.15) is 0 Å². The Labute approximate surface area is 187 Å². The molecule has 1 aromatic carbocycles. The zero-order valence-corrected chi connectivity index (χ0v) is 17.7. The Morgan fingerprint density at radius 2 is 1.79 bits per heavy atom. The van der Waals surface area contributed by atoms with Gasteiger partial charge in [0.15, 0.2) is 11.4 Å². The van der Waals surface area contributed by atoms with Gasteiger partial charge >= 0.3 is 0 Å². The van der Waals surface area contributed by atoms with E-state index < -0.39 is 75.5 Å². The number of Topliss-reactive ketones (excluding diaryl/α,β-unsaturated/α-hetero) is 2. The highest BCUT2D eigenvalue weighted by Crippen LogP contribution is 2.55. The number of nitrogens with two attached hydrogens (primary N) is 2. The summed E-state index contributed by atoms with van der Waals surface area (Å²) < 4.78 is 0. The SMILES string of the molecule is C=C1c2ccc(N)c(O)c2C(O)=C2C(=O)[C@]3(O)C(O)=C(C(N)=O)C(=O)[C@@H](N(C)C)[C@@H]3[C@@H](O)[C@H]12. The first-order valence-electron chi connectivity index (χ1n) is 9.91. The monoisotopic (exact) mass is 457 g/mol. The van der Waals surface area contributed by atoms with Crippen molar-refractivity contribution in [3.63, 3.8) is 0 Å². The molecule has 0 bridgehead atoms. The number of carbonyl (C=O) groups excluding carboxylic acids is 3. The third kappa shape index (κ3) is 2.58. The van der Waals surface area contributed by atoms with Crippen LogP contribution >= 0.6 is 0 Å². The second kappa shape index (κ2) is 6.91. The molecule has 3 aliphatic carbocycles. The Morgan fingerprint density at radius 1 is 1.18 bits per heavy atom. The number of phenols is 1. The van der Waals surface area contributed by atoms with Crippen LogP contribution in [0.1, 0.15) is 11.1 Å². The van der Waals surface area contributed by atoms with Crippen LogP contribution in [0.15, 0.2) is 35.6 Å². The fraction of sp³-hybridized carbons (Fsp3) is 0.318. The fourth-order valence-electron chi connectivity index (χ4n) is 5.27. The van der Waals surface area contributed by atoms with Crippen molar-refractivity contribution in [2.45, 2.75) is 17.7 Å². The molecule has 11 nitrogen and oxygen atoms in total. The number of amides is 1. The molecular weight excluding hydrogens is 434 g/mol. The lowest BCUT2D eigenvalue weighted by Crippen LogP contribution is -2.70. The summed E-state index contributed by atoms with van der Waals surface area (Å²) in [5, 5.41) is 55.0. The van der Waals surface area contributed by atoms with Crippen LogP contribution in [0.2, 0.25) is 0 Å². The lowest BCUT2D eigenvalue weighted by molar-refractivity contribution is -0.166. The number of carbonyl (C=O) groups is 3. The lowest BCUT2D eigenvalue weighted by Gasteiger charge is -2.52. The molecule has 0 heterocycles. The number of likely N-dealkylation sites (N-methyl/N-ethyl adjacent to an activating group) is 1. The highest BCUT2D eigenvalue weighted by atomic mass is 16.4. The smallest absolute Gasteiger partial charge is 0.255 e. The largest absolute Gasteiger partial charge is 0.508 e. The highest BCUT2D eigenvalue weighted by Gasteiger charge is 2.68. The standard InChI is InChI=1S/C22H23N3O8/c1-6-7-4-5-8(23)15(26)10(7)16(27)11-9(6)17(28)13-14(25(2)3)18(29)12(21(24)32)20(31)22(13,33)19(11)30/h4-5,9,13-14,17,26-28,31,33H,1,23H2,2-3H3,(H2,24,32)/t9-,13-,14+,17+,22+/m1/s1. The first-order chi connectivity index (χ1) is 15.3. The van der Waals surface area contributed by atoms with Crippen LogP contribution in [0, 0.1) is 11.8 Å². The molecule has 0 aliphatic heterocycles. The first kappa shape index (κ1) is 22.5. The summed E-state index contributed by atoms with van der Waals surface area (Å²) in [6, 6.07) is 1.37. The minimum Gasteiger partial charge on any atom is -0.508 e. The van der Waals surface area contributed by atoms with E-state index in [1.807, 2.05) is 0 Å². The van der Waals surface area contributed by atoms with E-state index in [2.05, 4.69) is 6.58 Å². The predicted molar refractivity (Wildman–Crippen MR) is 115 cm³/mol. The molecule has 1 amide bonds. The Kier molecular flexibility index (Phi) is 4.72. The van der Waals surface area contributed by atoms with Crippen molar-refractivity contribution in [3.05, 3.63) is 46.7 Å². The van der Waals surface area contributed by atoms with Crippen LogP contribution in [0.25, 0.3) is 11.3 Å². The van der Waals surface area contributed by atoms with Crippen LogP contribution in [-0.2, 0) is 14.4 Å². The Bertz CT molecular complexity index is 1230. The van der Waals surface area contributed by atoms with Crippen LogP contribution in [-0.4, -0.2) is 79.7 Å². The molecule has 1 fully saturated rings. The number of aliphatic hydroxyl groups excluding tert-OH is 3. The summed E-state index contributed by atoms with van der Waals surface area (Å²) in [5.41, 5.74) is 6.43. The number of nitrogen functional groups attached to an aromatic ring is 1. The summed E-state index contributed by atoms with van der Waals surface area (Å²) >= 11 is 0. The Hall–Kier alpha value is -3.67. The van der Waals surface area contributed by atoms with Crippen molar-refractivity contribution < 1.29 is 39.9 Å². The minimum absolute atomic E-state index is 0.109. The van der Waals surface area contributed by atoms with Crippen LogP contribution in [0.4, 0.5) is 5.69 Å². The van der Waals surface area contributed by atoms with Crippen molar-refractivity contribution in [1.29, 1.82) is 0 Å². The van der Waals surface area contributed by atoms with E-state index in [9.17, 15) is 39.9 Å². The maximum atomic E-state index is 13.7. The molecule has 0 radical (unpaired) electrons. The van der Waals surface area contributed by atoms with Gasteiger partial charge < -0.3 is 37.0 Å². The molecule has 0 spiro atoms. The molecule has 0 aromatic heterocycles. The van der Waals surface area contributed by atoms with Crippen LogP contribution in [0.5, 0.6) is 5.75 Å². The number of benzene rings is 1. The van der Waals surface area contributed by atoms with E-state index in [0.717, 1.165) is 0 Å². The number of hydrogen-bond acceptors (Lipinski definition) is 10. The third-order valence-corrected chi connectivity index (χ3v) is 6.77. The number of anilines is 1. The van der Waals surface area contributed by atoms with E-state index in [1.54, 1.807) is 0 Å². The third-order valence-electron chi connectivity index (χ3n) is 6.77. The van der Waals surface area contributed by atoms with Crippen molar-refractivity contribution in [3.8, 4) is 5.75 Å². The maximum Gasteiger partial charge on any atom is 0.255 e. The zero-order valence-electron chi connectivity index (χ0n) is 17.7. The Morgan fingerprint density at radius 3 is 2.33 bits per heavy atom. The number of rotatable bonds is 2. The topological polar surface area (TPSA) is 208 Å². The van der Waals surface area contributed by atoms with Gasteiger partial charge in [0.05, 0.1) is 34.9 Å². The minimum atomic E-state index is -2.97. The van der Waals surface area contributed by atoms with Gasteiger partial charge in [-0.3, -0.25) is 19.3 Å². The first-order valence-corrected chi connectivity index (χ1v) is 9.91. The Balaban J connectivity index is 2.09. The number of aliphatic hydroxyl groups is 4. The molecule has 9 N–H and O–H groups in total. The van der Waals surface area contributed by atoms with Gasteiger partial charge in [0.2, 0.25) is 5.78 Å². The molecule has 11 heteroatoms. The predicted octanol–water partition coefficient (Wildman–Crippen LogP) is -1.01. The fourth-order valence-corrected chi connectivity index (χ4v) is 5.27. The van der Waals surface area contributed by atoms with E-state index in [4.69, 9.17) is 11.5 Å². The molecule has 174 valence electrons. The van der Waals surface area contributed by atoms with Gasteiger partial charge in [-0.05, 0) is 31.3 Å². The molecule has 1 aromatic rings. The summed E-state index contributed by atoms with van der Waals surface area (Å²) in [7, 11) is 2.85. The average Bonchev–Trinajstić information content (AvgIpc) is 2.72. The molecule has 3 aliphatic rings. The second-order valence-corrected chi connectivity index (χ2v) is 8.66. The number of fused-ring (bicyclic) bond motifs is 3. The zero-order chi connectivity index (χ0) is 24.7. The summed E-state index contributed by atoms with van der Waals surface area (Å²) in [6.45, 7) is 3.90. The molecule has 4 rings (SSSR count). The van der Waals surface area contributed by atoms with Crippen molar-refractivity contribution in [2.75, 3.05) is 19.8 Å². The molecule has 5 atom stereocenters. The summed E-state index contributed by atoms with van der Waals surface area (Å²) in [6.07, 6.45) is -1.72. The second-order valence-electron chi connectivity index (χ2n) is 8.66. The van der Waals surface area contributed by atoms with E-state index in [1.165, 1.54) is 31.1 Å².